The van der Waals surface area contributed by atoms with Gasteiger partial charge in [0.2, 0.25) is 5.01 Å². The summed E-state index contributed by atoms with van der Waals surface area (Å²) in [5.41, 5.74) is -0.122. The summed E-state index contributed by atoms with van der Waals surface area (Å²) in [5.74, 6) is 0.180. The molecule has 0 spiro atoms. The third kappa shape index (κ3) is 2.53. The van der Waals surface area contributed by atoms with E-state index in [2.05, 4.69) is 4.98 Å². The van der Waals surface area contributed by atoms with Crippen LogP contribution in [0.3, 0.4) is 0 Å². The number of thiazole rings is 1. The summed E-state index contributed by atoms with van der Waals surface area (Å²) in [6, 6.07) is 0. The molecule has 0 amide bonds. The van der Waals surface area contributed by atoms with Crippen LogP contribution in [0.1, 0.15) is 50.4 Å². The first-order chi connectivity index (χ1) is 6.73. The van der Waals surface area contributed by atoms with E-state index in [-0.39, 0.29) is 22.1 Å². The highest BCUT2D eigenvalue weighted by Gasteiger charge is 2.31. The lowest BCUT2D eigenvalue weighted by molar-refractivity contribution is -0.389. The van der Waals surface area contributed by atoms with E-state index in [1.54, 1.807) is 0 Å². The molecule has 0 unspecified atom stereocenters. The van der Waals surface area contributed by atoms with Gasteiger partial charge >= 0.3 is 5.82 Å². The fourth-order valence-corrected chi connectivity index (χ4v) is 2.25. The van der Waals surface area contributed by atoms with Gasteiger partial charge < -0.3 is 10.1 Å². The van der Waals surface area contributed by atoms with Crippen LogP contribution >= 0.6 is 11.3 Å². The number of aromatic nitrogens is 1. The van der Waals surface area contributed by atoms with Crippen LogP contribution in [0.15, 0.2) is 0 Å². The molecule has 0 N–H and O–H groups in total. The summed E-state index contributed by atoms with van der Waals surface area (Å²) in [6.45, 7) is 9.94. The Hall–Kier alpha value is -0.970. The van der Waals surface area contributed by atoms with Crippen molar-refractivity contribution in [2.45, 2.75) is 46.0 Å². The molecule has 0 aliphatic heterocycles. The minimum atomic E-state index is -0.388. The van der Waals surface area contributed by atoms with E-state index in [4.69, 9.17) is 0 Å². The second-order valence-corrected chi connectivity index (χ2v) is 5.90. The lowest BCUT2D eigenvalue weighted by Crippen LogP contribution is -2.10. The van der Waals surface area contributed by atoms with E-state index in [9.17, 15) is 10.1 Å². The largest absolute Gasteiger partial charge is 0.378 e. The molecule has 0 radical (unpaired) electrons. The summed E-state index contributed by atoms with van der Waals surface area (Å²) >= 11 is 1.45. The number of nitrogens with zero attached hydrogens (tertiary/aromatic N) is 2. The Balaban J connectivity index is 3.28. The number of rotatable bonds is 2. The third-order valence-electron chi connectivity index (χ3n) is 1.97. The quantitative estimate of drug-likeness (QED) is 0.575. The molecule has 0 bridgehead atoms. The summed E-state index contributed by atoms with van der Waals surface area (Å²) < 4.78 is 0. The van der Waals surface area contributed by atoms with Crippen LogP contribution in [0.4, 0.5) is 5.82 Å². The molecule has 1 aromatic rings. The van der Waals surface area contributed by atoms with Gasteiger partial charge in [0.15, 0.2) is 0 Å². The summed E-state index contributed by atoms with van der Waals surface area (Å²) in [5, 5.41) is 11.6. The van der Waals surface area contributed by atoms with Gasteiger partial charge in [0.25, 0.3) is 0 Å². The second-order valence-electron chi connectivity index (χ2n) is 4.87. The highest BCUT2D eigenvalue weighted by molar-refractivity contribution is 7.12. The van der Waals surface area contributed by atoms with Crippen molar-refractivity contribution in [1.29, 1.82) is 0 Å². The molecular weight excluding hydrogens is 212 g/mol. The van der Waals surface area contributed by atoms with E-state index in [1.165, 1.54) is 11.3 Å². The van der Waals surface area contributed by atoms with Gasteiger partial charge in [0, 0.05) is 5.41 Å². The normalized spacial score (nSPS) is 12.1. The molecular formula is C10H16N2O2S. The molecule has 5 heteroatoms. The first-order valence-corrected chi connectivity index (χ1v) is 5.70. The molecule has 0 aliphatic rings. The smallest absolute Gasteiger partial charge is 0.358 e. The van der Waals surface area contributed by atoms with Crippen molar-refractivity contribution >= 4 is 17.2 Å². The van der Waals surface area contributed by atoms with Gasteiger partial charge in [0.1, 0.15) is 4.88 Å². The molecule has 0 atom stereocenters. The lowest BCUT2D eigenvalue weighted by atomic mass is 9.98. The Morgan fingerprint density at radius 1 is 1.40 bits per heavy atom. The van der Waals surface area contributed by atoms with Crippen LogP contribution in [0.5, 0.6) is 0 Å². The van der Waals surface area contributed by atoms with Crippen LogP contribution in [0, 0.1) is 10.1 Å². The average Bonchev–Trinajstić information content (AvgIpc) is 2.45. The third-order valence-corrected chi connectivity index (χ3v) is 3.74. The lowest BCUT2D eigenvalue weighted by Gasteiger charge is -2.09. The van der Waals surface area contributed by atoms with Crippen molar-refractivity contribution in [2.75, 3.05) is 0 Å². The van der Waals surface area contributed by atoms with E-state index in [0.29, 0.717) is 0 Å². The Morgan fingerprint density at radius 3 is 2.20 bits per heavy atom. The topological polar surface area (TPSA) is 56.0 Å². The number of nitro groups is 1. The number of hydrogen-bond acceptors (Lipinski definition) is 4. The fraction of sp³-hybridized carbons (Fsp3) is 0.700. The van der Waals surface area contributed by atoms with Crippen molar-refractivity contribution in [3.05, 3.63) is 20.0 Å². The Labute approximate surface area is 93.5 Å². The van der Waals surface area contributed by atoms with Crippen molar-refractivity contribution < 1.29 is 4.92 Å². The van der Waals surface area contributed by atoms with Crippen LogP contribution in [-0.2, 0) is 5.41 Å². The Morgan fingerprint density at radius 2 is 1.93 bits per heavy atom. The summed E-state index contributed by atoms with van der Waals surface area (Å²) in [4.78, 5) is 15.3. The molecule has 4 nitrogen and oxygen atoms in total. The Kier molecular flexibility index (Phi) is 3.13. The monoisotopic (exact) mass is 228 g/mol. The van der Waals surface area contributed by atoms with Crippen LogP contribution in [0.2, 0.25) is 0 Å². The fourth-order valence-electron chi connectivity index (χ4n) is 1.15. The molecule has 1 aromatic heterocycles. The second kappa shape index (κ2) is 3.89. The van der Waals surface area contributed by atoms with Gasteiger partial charge in [-0.25, -0.2) is 0 Å². The van der Waals surface area contributed by atoms with Crippen LogP contribution in [-0.4, -0.2) is 9.91 Å². The average molecular weight is 228 g/mol. The van der Waals surface area contributed by atoms with E-state index >= 15 is 0 Å². The molecule has 0 fully saturated rings. The van der Waals surface area contributed by atoms with E-state index in [1.807, 2.05) is 34.6 Å². The van der Waals surface area contributed by atoms with Gasteiger partial charge in [-0.2, -0.15) is 0 Å². The van der Waals surface area contributed by atoms with Gasteiger partial charge in [-0.05, 0) is 15.8 Å². The zero-order chi connectivity index (χ0) is 11.8. The molecule has 15 heavy (non-hydrogen) atoms. The maximum Gasteiger partial charge on any atom is 0.378 e. The van der Waals surface area contributed by atoms with Gasteiger partial charge in [-0.1, -0.05) is 46.0 Å². The highest BCUT2D eigenvalue weighted by atomic mass is 32.1. The SMILES string of the molecule is CC(C)c1sc(C(C)(C)C)nc1[N+](=O)[O-]. The summed E-state index contributed by atoms with van der Waals surface area (Å²) in [7, 11) is 0. The van der Waals surface area contributed by atoms with Crippen LogP contribution < -0.4 is 0 Å². The first-order valence-electron chi connectivity index (χ1n) is 4.89. The maximum atomic E-state index is 10.8. The molecule has 1 rings (SSSR count). The highest BCUT2D eigenvalue weighted by Crippen LogP contribution is 2.36. The number of hydrogen-bond donors (Lipinski definition) is 0. The molecule has 0 saturated heterocycles. The zero-order valence-electron chi connectivity index (χ0n) is 9.70. The standard InChI is InChI=1S/C10H16N2O2S/c1-6(2)7-8(12(13)14)11-9(15-7)10(3,4)5/h6H,1-5H3. The van der Waals surface area contributed by atoms with Crippen molar-refractivity contribution in [1.82, 2.24) is 4.98 Å². The molecule has 0 aromatic carbocycles. The van der Waals surface area contributed by atoms with Crippen molar-refractivity contribution in [3.63, 3.8) is 0 Å². The van der Waals surface area contributed by atoms with Crippen molar-refractivity contribution in [3.8, 4) is 0 Å². The van der Waals surface area contributed by atoms with Gasteiger partial charge in [-0.15, -0.1) is 0 Å². The maximum absolute atomic E-state index is 10.8. The minimum absolute atomic E-state index is 0.0277. The molecule has 1 heterocycles. The minimum Gasteiger partial charge on any atom is -0.358 e. The zero-order valence-corrected chi connectivity index (χ0v) is 10.5. The van der Waals surface area contributed by atoms with E-state index in [0.717, 1.165) is 9.88 Å². The van der Waals surface area contributed by atoms with Gasteiger partial charge in [-0.3, -0.25) is 0 Å². The van der Waals surface area contributed by atoms with Crippen molar-refractivity contribution in [2.24, 2.45) is 0 Å². The van der Waals surface area contributed by atoms with Crippen LogP contribution in [0.25, 0.3) is 0 Å². The molecule has 84 valence electrons. The van der Waals surface area contributed by atoms with E-state index < -0.39 is 0 Å². The summed E-state index contributed by atoms with van der Waals surface area (Å²) in [6.07, 6.45) is 0. The molecule has 0 aliphatic carbocycles. The molecule has 0 saturated carbocycles. The predicted octanol–water partition coefficient (Wildman–Crippen LogP) is 3.47. The first kappa shape index (κ1) is 12.1. The predicted molar refractivity (Wildman–Crippen MR) is 61.6 cm³/mol. The van der Waals surface area contributed by atoms with Gasteiger partial charge in [0.05, 0.1) is 0 Å². The Bertz CT molecular complexity index is 377.